The number of halogens is 3. The normalized spacial score (nSPS) is 12.5. The molecular formula is C17H18BrF2N. The van der Waals surface area contributed by atoms with E-state index in [9.17, 15) is 8.78 Å². The molecular weight excluding hydrogens is 336 g/mol. The Bertz CT molecular complexity index is 612. The van der Waals surface area contributed by atoms with Gasteiger partial charge in [0.25, 0.3) is 0 Å². The third-order valence-corrected chi connectivity index (χ3v) is 4.18. The van der Waals surface area contributed by atoms with Crippen LogP contribution in [0.4, 0.5) is 8.78 Å². The van der Waals surface area contributed by atoms with E-state index in [0.717, 1.165) is 5.56 Å². The van der Waals surface area contributed by atoms with Gasteiger partial charge in [-0.15, -0.1) is 0 Å². The molecule has 2 aromatic carbocycles. The summed E-state index contributed by atoms with van der Waals surface area (Å²) in [7, 11) is 0. The van der Waals surface area contributed by atoms with Crippen LogP contribution in [0.1, 0.15) is 35.2 Å². The van der Waals surface area contributed by atoms with Gasteiger partial charge in [-0.1, -0.05) is 41.1 Å². The summed E-state index contributed by atoms with van der Waals surface area (Å²) in [4.78, 5) is 0. The molecule has 0 bridgehead atoms. The average Bonchev–Trinajstić information content (AvgIpc) is 2.43. The fraction of sp³-hybridized carbons (Fsp3) is 0.294. The largest absolute Gasteiger partial charge is 0.306 e. The van der Waals surface area contributed by atoms with E-state index in [1.807, 2.05) is 13.0 Å². The molecule has 2 aromatic rings. The van der Waals surface area contributed by atoms with Crippen LogP contribution in [0.25, 0.3) is 0 Å². The molecule has 112 valence electrons. The number of aryl methyl sites for hydroxylation is 2. The number of hydrogen-bond acceptors (Lipinski definition) is 1. The third-order valence-electron chi connectivity index (χ3n) is 3.49. The minimum Gasteiger partial charge on any atom is -0.306 e. The summed E-state index contributed by atoms with van der Waals surface area (Å²) in [6, 6.07) is 8.14. The molecule has 0 saturated heterocycles. The second-order valence-corrected chi connectivity index (χ2v) is 5.95. The molecule has 1 N–H and O–H groups in total. The van der Waals surface area contributed by atoms with Crippen LogP contribution in [0.15, 0.2) is 34.8 Å². The SMILES string of the molecule is CCNC(c1cc(C)c(F)c(C)c1)c1c(F)cccc1Br. The van der Waals surface area contributed by atoms with Crippen molar-refractivity contribution < 1.29 is 8.78 Å². The summed E-state index contributed by atoms with van der Waals surface area (Å²) in [5, 5.41) is 3.28. The fourth-order valence-corrected chi connectivity index (χ4v) is 3.09. The van der Waals surface area contributed by atoms with Gasteiger partial charge in [0.15, 0.2) is 0 Å². The predicted octanol–water partition coefficient (Wildman–Crippen LogP) is 5.04. The lowest BCUT2D eigenvalue weighted by Gasteiger charge is -2.22. The standard InChI is InChI=1S/C17H18BrF2N/c1-4-21-17(15-13(18)6-5-7-14(15)19)12-8-10(2)16(20)11(3)9-12/h5-9,17,21H,4H2,1-3H3. The second-order valence-electron chi connectivity index (χ2n) is 5.09. The Morgan fingerprint density at radius 1 is 1.14 bits per heavy atom. The van der Waals surface area contributed by atoms with Crippen molar-refractivity contribution in [2.75, 3.05) is 6.54 Å². The minimum absolute atomic E-state index is 0.207. The molecule has 0 radical (unpaired) electrons. The highest BCUT2D eigenvalue weighted by Gasteiger charge is 2.21. The second kappa shape index (κ2) is 6.67. The third kappa shape index (κ3) is 3.33. The molecule has 4 heteroatoms. The van der Waals surface area contributed by atoms with Gasteiger partial charge < -0.3 is 5.32 Å². The molecule has 0 amide bonds. The van der Waals surface area contributed by atoms with E-state index < -0.39 is 0 Å². The number of benzene rings is 2. The smallest absolute Gasteiger partial charge is 0.129 e. The van der Waals surface area contributed by atoms with Crippen molar-refractivity contribution in [2.24, 2.45) is 0 Å². The van der Waals surface area contributed by atoms with Gasteiger partial charge in [0.05, 0.1) is 6.04 Å². The first-order valence-corrected chi connectivity index (χ1v) is 7.69. The fourth-order valence-electron chi connectivity index (χ4n) is 2.52. The topological polar surface area (TPSA) is 12.0 Å². The lowest BCUT2D eigenvalue weighted by molar-refractivity contribution is 0.554. The molecule has 0 aliphatic carbocycles. The summed E-state index contributed by atoms with van der Waals surface area (Å²) >= 11 is 3.41. The Kier molecular flexibility index (Phi) is 5.12. The minimum atomic E-state index is -0.316. The maximum absolute atomic E-state index is 14.2. The van der Waals surface area contributed by atoms with E-state index in [0.29, 0.717) is 27.7 Å². The van der Waals surface area contributed by atoms with E-state index >= 15 is 0 Å². The maximum atomic E-state index is 14.2. The van der Waals surface area contributed by atoms with Gasteiger partial charge in [-0.05, 0) is 49.2 Å². The first-order valence-electron chi connectivity index (χ1n) is 6.89. The molecule has 1 atom stereocenters. The van der Waals surface area contributed by atoms with Crippen LogP contribution >= 0.6 is 15.9 Å². The Hall–Kier alpha value is -1.26. The number of hydrogen-bond donors (Lipinski definition) is 1. The highest BCUT2D eigenvalue weighted by atomic mass is 79.9. The molecule has 0 aromatic heterocycles. The lowest BCUT2D eigenvalue weighted by Crippen LogP contribution is -2.24. The van der Waals surface area contributed by atoms with Gasteiger partial charge in [0.2, 0.25) is 0 Å². The first kappa shape index (κ1) is 16.1. The van der Waals surface area contributed by atoms with E-state index in [4.69, 9.17) is 0 Å². The van der Waals surface area contributed by atoms with Crippen molar-refractivity contribution in [2.45, 2.75) is 26.8 Å². The molecule has 0 spiro atoms. The number of nitrogens with one attached hydrogen (secondary N) is 1. The van der Waals surface area contributed by atoms with Gasteiger partial charge in [0, 0.05) is 10.0 Å². The monoisotopic (exact) mass is 353 g/mol. The van der Waals surface area contributed by atoms with Crippen LogP contribution < -0.4 is 5.32 Å². The highest BCUT2D eigenvalue weighted by molar-refractivity contribution is 9.10. The van der Waals surface area contributed by atoms with Crippen molar-refractivity contribution in [3.63, 3.8) is 0 Å². The van der Waals surface area contributed by atoms with Gasteiger partial charge in [-0.2, -0.15) is 0 Å². The highest BCUT2D eigenvalue weighted by Crippen LogP contribution is 2.32. The van der Waals surface area contributed by atoms with Crippen molar-refractivity contribution in [1.82, 2.24) is 5.32 Å². The Morgan fingerprint density at radius 3 is 2.29 bits per heavy atom. The maximum Gasteiger partial charge on any atom is 0.129 e. The van der Waals surface area contributed by atoms with E-state index in [1.165, 1.54) is 6.07 Å². The zero-order valence-corrected chi connectivity index (χ0v) is 13.9. The Balaban J connectivity index is 2.59. The van der Waals surface area contributed by atoms with Crippen LogP contribution in [0, 0.1) is 25.5 Å². The Labute approximate surface area is 132 Å². The predicted molar refractivity (Wildman–Crippen MR) is 85.5 cm³/mol. The van der Waals surface area contributed by atoms with Crippen molar-refractivity contribution >= 4 is 15.9 Å². The molecule has 0 aliphatic rings. The molecule has 0 saturated carbocycles. The van der Waals surface area contributed by atoms with Gasteiger partial charge in [-0.25, -0.2) is 8.78 Å². The van der Waals surface area contributed by atoms with E-state index in [-0.39, 0.29) is 17.7 Å². The van der Waals surface area contributed by atoms with Crippen LogP contribution in [-0.2, 0) is 0 Å². The van der Waals surface area contributed by atoms with Gasteiger partial charge in [-0.3, -0.25) is 0 Å². The summed E-state index contributed by atoms with van der Waals surface area (Å²) in [6.07, 6.45) is 0. The molecule has 1 unspecified atom stereocenters. The molecule has 21 heavy (non-hydrogen) atoms. The summed E-state index contributed by atoms with van der Waals surface area (Å²) in [6.45, 7) is 6.10. The lowest BCUT2D eigenvalue weighted by atomic mass is 9.95. The number of rotatable bonds is 4. The quantitative estimate of drug-likeness (QED) is 0.811. The van der Waals surface area contributed by atoms with Crippen LogP contribution in [0.2, 0.25) is 0 Å². The average molecular weight is 354 g/mol. The summed E-state index contributed by atoms with van der Waals surface area (Å²) in [5.41, 5.74) is 2.55. The zero-order chi connectivity index (χ0) is 15.6. The molecule has 0 fully saturated rings. The van der Waals surface area contributed by atoms with Crippen LogP contribution in [0.5, 0.6) is 0 Å². The van der Waals surface area contributed by atoms with E-state index in [2.05, 4.69) is 21.2 Å². The van der Waals surface area contributed by atoms with Crippen molar-refractivity contribution in [3.05, 3.63) is 68.7 Å². The van der Waals surface area contributed by atoms with Gasteiger partial charge in [0.1, 0.15) is 11.6 Å². The Morgan fingerprint density at radius 2 is 1.76 bits per heavy atom. The van der Waals surface area contributed by atoms with Gasteiger partial charge >= 0.3 is 0 Å². The zero-order valence-electron chi connectivity index (χ0n) is 12.3. The van der Waals surface area contributed by atoms with Crippen LogP contribution in [0.3, 0.4) is 0 Å². The molecule has 0 heterocycles. The molecule has 1 nitrogen and oxygen atoms in total. The van der Waals surface area contributed by atoms with E-state index in [1.54, 1.807) is 32.0 Å². The van der Waals surface area contributed by atoms with Crippen molar-refractivity contribution in [1.29, 1.82) is 0 Å². The summed E-state index contributed by atoms with van der Waals surface area (Å²) in [5.74, 6) is -0.489. The first-order chi connectivity index (χ1) is 9.95. The van der Waals surface area contributed by atoms with Crippen molar-refractivity contribution in [3.8, 4) is 0 Å². The summed E-state index contributed by atoms with van der Waals surface area (Å²) < 4.78 is 28.8. The molecule has 0 aliphatic heterocycles. The molecule has 2 rings (SSSR count). The van der Waals surface area contributed by atoms with Crippen LogP contribution in [-0.4, -0.2) is 6.54 Å².